The van der Waals surface area contributed by atoms with Crippen LogP contribution in [0.4, 0.5) is 5.82 Å². The summed E-state index contributed by atoms with van der Waals surface area (Å²) in [7, 11) is 0. The molecule has 7 heteroatoms. The molecule has 1 saturated carbocycles. The van der Waals surface area contributed by atoms with Gasteiger partial charge in [-0.15, -0.1) is 0 Å². The third-order valence-corrected chi connectivity index (χ3v) is 4.94. The molecule has 2 aromatic heterocycles. The van der Waals surface area contributed by atoms with Crippen LogP contribution in [0.1, 0.15) is 54.9 Å². The number of thiophene rings is 1. The summed E-state index contributed by atoms with van der Waals surface area (Å²) in [5.74, 6) is 0.643. The third-order valence-electron chi connectivity index (χ3n) is 4.26. The van der Waals surface area contributed by atoms with Gasteiger partial charge in [0.05, 0.1) is 12.2 Å². The first kappa shape index (κ1) is 16.7. The lowest BCUT2D eigenvalue weighted by atomic mass is 10.2. The van der Waals surface area contributed by atoms with Crippen LogP contribution in [0.2, 0.25) is 0 Å². The molecule has 1 fully saturated rings. The zero-order chi connectivity index (χ0) is 16.8. The van der Waals surface area contributed by atoms with Crippen molar-refractivity contribution in [3.63, 3.8) is 0 Å². The Morgan fingerprint density at radius 3 is 2.88 bits per heavy atom. The Balaban J connectivity index is 1.40. The van der Waals surface area contributed by atoms with Crippen molar-refractivity contribution in [1.29, 1.82) is 0 Å². The fourth-order valence-electron chi connectivity index (χ4n) is 3.01. The van der Waals surface area contributed by atoms with Crippen LogP contribution in [0.25, 0.3) is 0 Å². The van der Waals surface area contributed by atoms with Gasteiger partial charge in [-0.2, -0.15) is 16.4 Å². The number of amides is 2. The summed E-state index contributed by atoms with van der Waals surface area (Å²) in [4.78, 5) is 23.9. The minimum Gasteiger partial charge on any atom is -0.352 e. The van der Waals surface area contributed by atoms with Crippen molar-refractivity contribution >= 4 is 29.0 Å². The smallest absolute Gasteiger partial charge is 0.252 e. The number of hydrogen-bond donors (Lipinski definition) is 2. The molecule has 0 saturated heterocycles. The predicted molar refractivity (Wildman–Crippen MR) is 94.2 cm³/mol. The molecule has 0 spiro atoms. The van der Waals surface area contributed by atoms with Gasteiger partial charge in [-0.25, -0.2) is 4.68 Å². The second-order valence-corrected chi connectivity index (χ2v) is 6.80. The molecule has 3 rings (SSSR count). The van der Waals surface area contributed by atoms with E-state index in [1.165, 1.54) is 24.2 Å². The Bertz CT molecular complexity index is 675. The molecule has 2 aromatic rings. The molecule has 2 N–H and O–H groups in total. The largest absolute Gasteiger partial charge is 0.352 e. The van der Waals surface area contributed by atoms with Crippen molar-refractivity contribution in [1.82, 2.24) is 15.1 Å². The van der Waals surface area contributed by atoms with E-state index in [-0.39, 0.29) is 11.8 Å². The van der Waals surface area contributed by atoms with Crippen molar-refractivity contribution in [2.24, 2.45) is 0 Å². The number of carbonyl (C=O) groups excluding carboxylic acids is 2. The minimum absolute atomic E-state index is 0.0421. The van der Waals surface area contributed by atoms with Gasteiger partial charge >= 0.3 is 0 Å². The second-order valence-electron chi connectivity index (χ2n) is 6.02. The van der Waals surface area contributed by atoms with Crippen LogP contribution < -0.4 is 10.6 Å². The van der Waals surface area contributed by atoms with Gasteiger partial charge in [-0.3, -0.25) is 9.59 Å². The van der Waals surface area contributed by atoms with E-state index >= 15 is 0 Å². The summed E-state index contributed by atoms with van der Waals surface area (Å²) in [6, 6.07) is 4.03. The van der Waals surface area contributed by atoms with E-state index < -0.39 is 0 Å². The first-order valence-electron chi connectivity index (χ1n) is 8.38. The van der Waals surface area contributed by atoms with Gasteiger partial charge in [-0.1, -0.05) is 12.8 Å². The highest BCUT2D eigenvalue weighted by molar-refractivity contribution is 7.08. The average molecular weight is 346 g/mol. The number of nitrogens with zero attached hydrogens (tertiary/aromatic N) is 2. The summed E-state index contributed by atoms with van der Waals surface area (Å²) >= 11 is 1.49. The number of aromatic nitrogens is 2. The Morgan fingerprint density at radius 2 is 2.12 bits per heavy atom. The predicted octanol–water partition coefficient (Wildman–Crippen LogP) is 3.21. The molecule has 2 amide bonds. The quantitative estimate of drug-likeness (QED) is 0.756. The van der Waals surface area contributed by atoms with Crippen molar-refractivity contribution < 1.29 is 9.59 Å². The highest BCUT2D eigenvalue weighted by atomic mass is 32.1. The van der Waals surface area contributed by atoms with Crippen LogP contribution >= 0.6 is 11.3 Å². The molecule has 0 unspecified atom stereocenters. The summed E-state index contributed by atoms with van der Waals surface area (Å²) in [5.41, 5.74) is 0.671. The lowest BCUT2D eigenvalue weighted by Crippen LogP contribution is -2.25. The molecule has 2 heterocycles. The maximum absolute atomic E-state index is 12.1. The van der Waals surface area contributed by atoms with Crippen molar-refractivity contribution in [3.8, 4) is 0 Å². The van der Waals surface area contributed by atoms with Crippen LogP contribution in [0, 0.1) is 0 Å². The molecular weight excluding hydrogens is 324 g/mol. The molecule has 24 heavy (non-hydrogen) atoms. The van der Waals surface area contributed by atoms with Crippen LogP contribution in [0.3, 0.4) is 0 Å². The van der Waals surface area contributed by atoms with Crippen LogP contribution in [0.5, 0.6) is 0 Å². The number of carbonyl (C=O) groups is 2. The lowest BCUT2D eigenvalue weighted by molar-refractivity contribution is -0.116. The van der Waals surface area contributed by atoms with E-state index in [9.17, 15) is 9.59 Å². The van der Waals surface area contributed by atoms with Crippen molar-refractivity contribution in [2.45, 2.75) is 44.6 Å². The van der Waals surface area contributed by atoms with Crippen molar-refractivity contribution in [3.05, 3.63) is 34.7 Å². The van der Waals surface area contributed by atoms with Gasteiger partial charge in [0.1, 0.15) is 5.82 Å². The Kier molecular flexibility index (Phi) is 5.63. The fraction of sp³-hybridized carbons (Fsp3) is 0.471. The lowest BCUT2D eigenvalue weighted by Gasteiger charge is -2.14. The third kappa shape index (κ3) is 4.23. The number of nitrogens with one attached hydrogen (secondary N) is 2. The van der Waals surface area contributed by atoms with E-state index in [4.69, 9.17) is 0 Å². The first-order valence-corrected chi connectivity index (χ1v) is 9.32. The van der Waals surface area contributed by atoms with Crippen LogP contribution in [-0.2, 0) is 4.79 Å². The standard InChI is InChI=1S/C17H22N4O2S/c22-16(6-3-9-18-17(23)13-8-11-24-12-13)20-15-7-10-19-21(15)14-4-1-2-5-14/h7-8,10-12,14H,1-6,9H2,(H,18,23)(H,20,22). The molecule has 128 valence electrons. The molecule has 0 radical (unpaired) electrons. The summed E-state index contributed by atoms with van der Waals surface area (Å²) in [6.45, 7) is 0.490. The van der Waals surface area contributed by atoms with Gasteiger partial charge in [0.2, 0.25) is 5.91 Å². The second kappa shape index (κ2) is 8.10. The Labute approximate surface area is 145 Å². The van der Waals surface area contributed by atoms with Gasteiger partial charge < -0.3 is 10.6 Å². The van der Waals surface area contributed by atoms with Gasteiger partial charge in [0.15, 0.2) is 0 Å². The summed E-state index contributed by atoms with van der Waals surface area (Å²) in [6.07, 6.45) is 7.41. The maximum Gasteiger partial charge on any atom is 0.252 e. The number of hydrogen-bond acceptors (Lipinski definition) is 4. The minimum atomic E-state index is -0.0871. The van der Waals surface area contributed by atoms with Crippen molar-refractivity contribution in [2.75, 3.05) is 11.9 Å². The van der Waals surface area contributed by atoms with E-state index in [1.54, 1.807) is 12.3 Å². The Morgan fingerprint density at radius 1 is 1.29 bits per heavy atom. The maximum atomic E-state index is 12.1. The first-order chi connectivity index (χ1) is 11.7. The molecule has 0 aromatic carbocycles. The van der Waals surface area contributed by atoms with Gasteiger partial charge in [0, 0.05) is 30.0 Å². The molecule has 0 bridgehead atoms. The molecule has 1 aliphatic rings. The van der Waals surface area contributed by atoms with E-state index in [0.717, 1.165) is 18.7 Å². The Hall–Kier alpha value is -2.15. The topological polar surface area (TPSA) is 76.0 Å². The monoisotopic (exact) mass is 346 g/mol. The SMILES string of the molecule is O=C(CCCNC(=O)c1ccsc1)Nc1ccnn1C1CCCC1. The van der Waals surface area contributed by atoms with E-state index in [1.807, 2.05) is 21.5 Å². The zero-order valence-electron chi connectivity index (χ0n) is 13.5. The number of anilines is 1. The van der Waals surface area contributed by atoms with Gasteiger partial charge in [0.25, 0.3) is 5.91 Å². The highest BCUT2D eigenvalue weighted by Gasteiger charge is 2.20. The summed E-state index contributed by atoms with van der Waals surface area (Å²) in [5, 5.41) is 13.8. The molecule has 0 atom stereocenters. The number of rotatable bonds is 7. The van der Waals surface area contributed by atoms with E-state index in [2.05, 4.69) is 15.7 Å². The summed E-state index contributed by atoms with van der Waals surface area (Å²) < 4.78 is 1.93. The van der Waals surface area contributed by atoms with Crippen LogP contribution in [-0.4, -0.2) is 28.1 Å². The molecule has 0 aliphatic heterocycles. The zero-order valence-corrected chi connectivity index (χ0v) is 14.3. The van der Waals surface area contributed by atoms with E-state index in [0.29, 0.717) is 31.0 Å². The molecular formula is C17H22N4O2S. The van der Waals surface area contributed by atoms with Crippen LogP contribution in [0.15, 0.2) is 29.1 Å². The molecule has 1 aliphatic carbocycles. The van der Waals surface area contributed by atoms with Gasteiger partial charge in [-0.05, 0) is 30.7 Å². The molecule has 6 nitrogen and oxygen atoms in total. The fourth-order valence-corrected chi connectivity index (χ4v) is 3.64. The normalized spacial score (nSPS) is 14.7. The highest BCUT2D eigenvalue weighted by Crippen LogP contribution is 2.31. The average Bonchev–Trinajstić information content (AvgIpc) is 3.32.